The van der Waals surface area contributed by atoms with Crippen molar-refractivity contribution in [2.75, 3.05) is 0 Å². The molecule has 0 aliphatic rings. The fraction of sp³-hybridized carbons (Fsp3) is 0.467. The topological polar surface area (TPSA) is 66.4 Å². The number of carboxylic acid groups (broad SMARTS) is 1. The van der Waals surface area contributed by atoms with Gasteiger partial charge in [-0.1, -0.05) is 48.8 Å². The molecule has 0 saturated heterocycles. The van der Waals surface area contributed by atoms with Crippen molar-refractivity contribution in [2.24, 2.45) is 5.41 Å². The van der Waals surface area contributed by atoms with E-state index < -0.39 is 12.0 Å². The highest BCUT2D eigenvalue weighted by molar-refractivity contribution is 9.10. The number of hydrogen-bond acceptors (Lipinski definition) is 2. The third-order valence-corrected chi connectivity index (χ3v) is 3.39. The van der Waals surface area contributed by atoms with Gasteiger partial charge in [0, 0.05) is 10.9 Å². The van der Waals surface area contributed by atoms with Crippen LogP contribution in [0, 0.1) is 5.41 Å². The third-order valence-electron chi connectivity index (χ3n) is 2.86. The Morgan fingerprint density at radius 2 is 1.80 bits per heavy atom. The van der Waals surface area contributed by atoms with Gasteiger partial charge in [-0.3, -0.25) is 4.79 Å². The number of benzene rings is 1. The largest absolute Gasteiger partial charge is 0.479 e. The van der Waals surface area contributed by atoms with E-state index in [-0.39, 0.29) is 11.3 Å². The minimum atomic E-state index is -1.06. The van der Waals surface area contributed by atoms with Crippen molar-refractivity contribution in [1.82, 2.24) is 5.32 Å². The minimum absolute atomic E-state index is 0.0493. The number of halogens is 1. The Morgan fingerprint density at radius 3 is 2.25 bits per heavy atom. The number of carbonyl (C=O) groups is 2. The maximum absolute atomic E-state index is 11.9. The van der Waals surface area contributed by atoms with Crippen molar-refractivity contribution < 1.29 is 14.7 Å². The van der Waals surface area contributed by atoms with E-state index in [0.29, 0.717) is 18.4 Å². The number of carbonyl (C=O) groups excluding carboxylic acids is 1. The molecule has 0 spiro atoms. The summed E-state index contributed by atoms with van der Waals surface area (Å²) in [5.74, 6) is -1.30. The molecular weight excluding hydrogens is 322 g/mol. The molecule has 1 aromatic carbocycles. The normalized spacial score (nSPS) is 12.8. The zero-order valence-electron chi connectivity index (χ0n) is 11.9. The van der Waals surface area contributed by atoms with Crippen LogP contribution in [-0.4, -0.2) is 17.0 Å². The molecule has 0 aliphatic heterocycles. The summed E-state index contributed by atoms with van der Waals surface area (Å²) in [5, 5.41) is 11.8. The summed E-state index contributed by atoms with van der Waals surface area (Å²) in [5.41, 5.74) is 0.609. The predicted octanol–water partition coefficient (Wildman–Crippen LogP) is 3.52. The van der Waals surface area contributed by atoms with Crippen molar-refractivity contribution >= 4 is 27.8 Å². The molecule has 0 radical (unpaired) electrons. The van der Waals surface area contributed by atoms with Crippen molar-refractivity contribution in [3.05, 3.63) is 34.3 Å². The van der Waals surface area contributed by atoms with Crippen LogP contribution >= 0.6 is 15.9 Å². The molecule has 1 rings (SSSR count). The maximum atomic E-state index is 11.9. The van der Waals surface area contributed by atoms with Gasteiger partial charge in [0.15, 0.2) is 6.04 Å². The molecule has 0 saturated carbocycles. The maximum Gasteiger partial charge on any atom is 0.330 e. The van der Waals surface area contributed by atoms with Gasteiger partial charge in [0.05, 0.1) is 0 Å². The van der Waals surface area contributed by atoms with E-state index in [0.717, 1.165) is 4.47 Å². The molecule has 0 heterocycles. The predicted molar refractivity (Wildman–Crippen MR) is 81.4 cm³/mol. The lowest BCUT2D eigenvalue weighted by Crippen LogP contribution is -2.34. The average Bonchev–Trinajstić information content (AvgIpc) is 2.33. The van der Waals surface area contributed by atoms with Gasteiger partial charge in [-0.15, -0.1) is 0 Å². The first-order valence-electron chi connectivity index (χ1n) is 6.47. The Morgan fingerprint density at radius 1 is 1.25 bits per heavy atom. The molecule has 0 fully saturated rings. The van der Waals surface area contributed by atoms with Crippen LogP contribution < -0.4 is 5.32 Å². The zero-order chi connectivity index (χ0) is 15.3. The van der Waals surface area contributed by atoms with Gasteiger partial charge in [0.25, 0.3) is 0 Å². The van der Waals surface area contributed by atoms with Crippen LogP contribution in [0.5, 0.6) is 0 Å². The zero-order valence-corrected chi connectivity index (χ0v) is 13.5. The highest BCUT2D eigenvalue weighted by atomic mass is 79.9. The van der Waals surface area contributed by atoms with Crippen LogP contribution in [0.4, 0.5) is 0 Å². The minimum Gasteiger partial charge on any atom is -0.479 e. The Kier molecular flexibility index (Phi) is 5.74. The monoisotopic (exact) mass is 341 g/mol. The molecule has 0 aromatic heterocycles. The van der Waals surface area contributed by atoms with Crippen LogP contribution in [0.1, 0.15) is 45.2 Å². The number of aliphatic carboxylic acids is 1. The van der Waals surface area contributed by atoms with E-state index in [1.54, 1.807) is 24.3 Å². The quantitative estimate of drug-likeness (QED) is 0.860. The summed E-state index contributed by atoms with van der Waals surface area (Å²) in [6.45, 7) is 6.14. The summed E-state index contributed by atoms with van der Waals surface area (Å²) in [6, 6.07) is 5.88. The fourth-order valence-corrected chi connectivity index (χ4v) is 1.93. The van der Waals surface area contributed by atoms with E-state index in [1.165, 1.54) is 0 Å². The Hall–Kier alpha value is -1.36. The SMILES string of the molecule is CC(C)(C)CCC(=O)NC(C(=O)O)c1ccc(Br)cc1. The molecule has 2 N–H and O–H groups in total. The second-order valence-corrected chi connectivity index (χ2v) is 6.87. The molecule has 1 unspecified atom stereocenters. The van der Waals surface area contributed by atoms with E-state index in [4.69, 9.17) is 0 Å². The van der Waals surface area contributed by atoms with Crippen molar-refractivity contribution in [2.45, 2.75) is 39.7 Å². The van der Waals surface area contributed by atoms with E-state index >= 15 is 0 Å². The van der Waals surface area contributed by atoms with Crippen LogP contribution in [0.3, 0.4) is 0 Å². The molecule has 20 heavy (non-hydrogen) atoms. The molecule has 4 nitrogen and oxygen atoms in total. The van der Waals surface area contributed by atoms with Gasteiger partial charge in [-0.25, -0.2) is 4.79 Å². The molecule has 1 aromatic rings. The Balaban J connectivity index is 2.71. The van der Waals surface area contributed by atoms with Crippen molar-refractivity contribution in [1.29, 1.82) is 0 Å². The summed E-state index contributed by atoms with van der Waals surface area (Å²) in [7, 11) is 0. The van der Waals surface area contributed by atoms with Crippen molar-refractivity contribution in [3.63, 3.8) is 0 Å². The van der Waals surface area contributed by atoms with Crippen LogP contribution in [-0.2, 0) is 9.59 Å². The molecular formula is C15H20BrNO3. The number of rotatable bonds is 5. The van der Waals surface area contributed by atoms with Crippen LogP contribution in [0.2, 0.25) is 0 Å². The summed E-state index contributed by atoms with van der Waals surface area (Å²) in [6.07, 6.45) is 1.04. The molecule has 5 heteroatoms. The lowest BCUT2D eigenvalue weighted by molar-refractivity contribution is -0.142. The molecule has 110 valence electrons. The third kappa shape index (κ3) is 5.74. The smallest absolute Gasteiger partial charge is 0.330 e. The van der Waals surface area contributed by atoms with Gasteiger partial charge < -0.3 is 10.4 Å². The summed E-state index contributed by atoms with van der Waals surface area (Å²) < 4.78 is 0.865. The van der Waals surface area contributed by atoms with Gasteiger partial charge in [-0.05, 0) is 29.5 Å². The first-order chi connectivity index (χ1) is 9.19. The second kappa shape index (κ2) is 6.88. The number of carboxylic acids is 1. The van der Waals surface area contributed by atoms with E-state index in [2.05, 4.69) is 21.2 Å². The first kappa shape index (κ1) is 16.7. The molecule has 0 bridgehead atoms. The van der Waals surface area contributed by atoms with E-state index in [1.807, 2.05) is 20.8 Å². The van der Waals surface area contributed by atoms with Gasteiger partial charge in [0.2, 0.25) is 5.91 Å². The second-order valence-electron chi connectivity index (χ2n) is 5.95. The highest BCUT2D eigenvalue weighted by Gasteiger charge is 2.22. The molecule has 1 atom stereocenters. The lowest BCUT2D eigenvalue weighted by Gasteiger charge is -2.19. The lowest BCUT2D eigenvalue weighted by atomic mass is 9.90. The van der Waals surface area contributed by atoms with E-state index in [9.17, 15) is 14.7 Å². The Bertz CT molecular complexity index is 477. The number of amides is 1. The Labute approximate surface area is 127 Å². The van der Waals surface area contributed by atoms with Crippen LogP contribution in [0.15, 0.2) is 28.7 Å². The van der Waals surface area contributed by atoms with Crippen LogP contribution in [0.25, 0.3) is 0 Å². The number of nitrogens with one attached hydrogen (secondary N) is 1. The first-order valence-corrected chi connectivity index (χ1v) is 7.26. The summed E-state index contributed by atoms with van der Waals surface area (Å²) >= 11 is 3.29. The molecule has 1 amide bonds. The van der Waals surface area contributed by atoms with Crippen molar-refractivity contribution in [3.8, 4) is 0 Å². The summed E-state index contributed by atoms with van der Waals surface area (Å²) in [4.78, 5) is 23.2. The average molecular weight is 342 g/mol. The van der Waals surface area contributed by atoms with Gasteiger partial charge in [0.1, 0.15) is 0 Å². The number of hydrogen-bond donors (Lipinski definition) is 2. The standard InChI is InChI=1S/C15H20BrNO3/c1-15(2,3)9-8-12(18)17-13(14(19)20)10-4-6-11(16)7-5-10/h4-7,13H,8-9H2,1-3H3,(H,17,18)(H,19,20). The highest BCUT2D eigenvalue weighted by Crippen LogP contribution is 2.21. The fourth-order valence-electron chi connectivity index (χ4n) is 1.66. The van der Waals surface area contributed by atoms with Gasteiger partial charge >= 0.3 is 5.97 Å². The molecule has 0 aliphatic carbocycles. The van der Waals surface area contributed by atoms with Gasteiger partial charge in [-0.2, -0.15) is 0 Å².